The van der Waals surface area contributed by atoms with Crippen LogP contribution in [0.2, 0.25) is 0 Å². The number of nitrogens with zero attached hydrogens (tertiary/aromatic N) is 2. The van der Waals surface area contributed by atoms with Gasteiger partial charge in [0.15, 0.2) is 0 Å². The summed E-state index contributed by atoms with van der Waals surface area (Å²) in [5, 5.41) is 6.03. The van der Waals surface area contributed by atoms with E-state index in [0.29, 0.717) is 21.0 Å². The zero-order valence-corrected chi connectivity index (χ0v) is 12.2. The van der Waals surface area contributed by atoms with Crippen LogP contribution in [0.3, 0.4) is 0 Å². The SMILES string of the molecule is Nc1csc(NN=Cc2ccc(C(F)(F)F)cc2Br)n1. The van der Waals surface area contributed by atoms with Gasteiger partial charge in [-0.1, -0.05) is 22.0 Å². The van der Waals surface area contributed by atoms with E-state index < -0.39 is 11.7 Å². The molecule has 0 fully saturated rings. The molecule has 2 aromatic rings. The lowest BCUT2D eigenvalue weighted by Crippen LogP contribution is -2.05. The van der Waals surface area contributed by atoms with Crippen LogP contribution in [0.4, 0.5) is 24.1 Å². The van der Waals surface area contributed by atoms with Crippen LogP contribution < -0.4 is 11.2 Å². The topological polar surface area (TPSA) is 63.3 Å². The second kappa shape index (κ2) is 5.80. The van der Waals surface area contributed by atoms with Crippen LogP contribution in [0.25, 0.3) is 0 Å². The first-order valence-corrected chi connectivity index (χ1v) is 6.90. The van der Waals surface area contributed by atoms with Crippen LogP contribution in [0.1, 0.15) is 11.1 Å². The highest BCUT2D eigenvalue weighted by molar-refractivity contribution is 9.10. The van der Waals surface area contributed by atoms with E-state index in [1.807, 2.05) is 0 Å². The van der Waals surface area contributed by atoms with Gasteiger partial charge in [-0.3, -0.25) is 5.43 Å². The summed E-state index contributed by atoms with van der Waals surface area (Å²) in [4.78, 5) is 3.92. The molecule has 20 heavy (non-hydrogen) atoms. The summed E-state index contributed by atoms with van der Waals surface area (Å²) in [5.41, 5.74) is 7.87. The van der Waals surface area contributed by atoms with E-state index in [-0.39, 0.29) is 0 Å². The normalized spacial score (nSPS) is 12.0. The fourth-order valence-electron chi connectivity index (χ4n) is 1.30. The molecule has 0 radical (unpaired) electrons. The van der Waals surface area contributed by atoms with E-state index in [2.05, 4.69) is 31.4 Å². The molecule has 106 valence electrons. The highest BCUT2D eigenvalue weighted by atomic mass is 79.9. The summed E-state index contributed by atoms with van der Waals surface area (Å²) >= 11 is 4.35. The zero-order valence-electron chi connectivity index (χ0n) is 9.78. The minimum Gasteiger partial charge on any atom is -0.383 e. The molecule has 0 aliphatic carbocycles. The minimum absolute atomic E-state index is 0.302. The summed E-state index contributed by atoms with van der Waals surface area (Å²) in [6.07, 6.45) is -2.98. The Hall–Kier alpha value is -1.61. The lowest BCUT2D eigenvalue weighted by molar-refractivity contribution is -0.137. The number of aromatic nitrogens is 1. The number of hydrogen-bond donors (Lipinski definition) is 2. The highest BCUT2D eigenvalue weighted by Gasteiger charge is 2.30. The Morgan fingerprint density at radius 2 is 2.15 bits per heavy atom. The maximum Gasteiger partial charge on any atom is 0.416 e. The molecule has 0 unspecified atom stereocenters. The first-order valence-electron chi connectivity index (χ1n) is 5.23. The van der Waals surface area contributed by atoms with E-state index in [9.17, 15) is 13.2 Å². The second-order valence-electron chi connectivity index (χ2n) is 3.68. The molecule has 1 heterocycles. The number of hydrazone groups is 1. The van der Waals surface area contributed by atoms with Crippen molar-refractivity contribution in [1.82, 2.24) is 4.98 Å². The van der Waals surface area contributed by atoms with Gasteiger partial charge in [-0.15, -0.1) is 11.3 Å². The lowest BCUT2D eigenvalue weighted by Gasteiger charge is -2.07. The van der Waals surface area contributed by atoms with Gasteiger partial charge in [0.25, 0.3) is 0 Å². The number of nitrogens with two attached hydrogens (primary N) is 1. The van der Waals surface area contributed by atoms with E-state index in [0.717, 1.165) is 12.1 Å². The third-order valence-corrected chi connectivity index (χ3v) is 3.67. The summed E-state index contributed by atoms with van der Waals surface area (Å²) in [7, 11) is 0. The molecule has 2 rings (SSSR count). The molecule has 1 aromatic carbocycles. The Bertz CT molecular complexity index is 639. The molecule has 0 bridgehead atoms. The third-order valence-electron chi connectivity index (χ3n) is 2.21. The van der Waals surface area contributed by atoms with Crippen molar-refractivity contribution in [3.63, 3.8) is 0 Å². The molecular weight excluding hydrogens is 357 g/mol. The minimum atomic E-state index is -4.37. The van der Waals surface area contributed by atoms with Crippen LogP contribution in [0.15, 0.2) is 33.2 Å². The van der Waals surface area contributed by atoms with Crippen LogP contribution in [-0.2, 0) is 6.18 Å². The molecule has 0 saturated carbocycles. The second-order valence-corrected chi connectivity index (χ2v) is 5.39. The number of halogens is 4. The number of rotatable bonds is 3. The third kappa shape index (κ3) is 3.70. The number of thiazole rings is 1. The molecule has 0 atom stereocenters. The molecule has 3 N–H and O–H groups in total. The molecule has 0 spiro atoms. The van der Waals surface area contributed by atoms with Gasteiger partial charge in [-0.2, -0.15) is 18.3 Å². The van der Waals surface area contributed by atoms with Gasteiger partial charge < -0.3 is 5.73 Å². The molecule has 9 heteroatoms. The monoisotopic (exact) mass is 364 g/mol. The fraction of sp³-hybridized carbons (Fsp3) is 0.0909. The van der Waals surface area contributed by atoms with Gasteiger partial charge in [0.05, 0.1) is 11.8 Å². The first-order chi connectivity index (χ1) is 9.36. The van der Waals surface area contributed by atoms with Crippen molar-refractivity contribution in [2.45, 2.75) is 6.18 Å². The van der Waals surface area contributed by atoms with E-state index in [1.165, 1.54) is 23.6 Å². The van der Waals surface area contributed by atoms with Crippen molar-refractivity contribution in [2.24, 2.45) is 5.10 Å². The summed E-state index contributed by atoms with van der Waals surface area (Å²) < 4.78 is 37.8. The summed E-state index contributed by atoms with van der Waals surface area (Å²) in [5.74, 6) is 0.378. The summed E-state index contributed by atoms with van der Waals surface area (Å²) in [6.45, 7) is 0. The molecule has 0 aliphatic heterocycles. The molecule has 0 aliphatic rings. The number of hydrogen-bond acceptors (Lipinski definition) is 5. The van der Waals surface area contributed by atoms with Gasteiger partial charge in [-0.25, -0.2) is 4.98 Å². The van der Waals surface area contributed by atoms with E-state index in [4.69, 9.17) is 5.73 Å². The average molecular weight is 365 g/mol. The number of benzene rings is 1. The molecule has 4 nitrogen and oxygen atoms in total. The largest absolute Gasteiger partial charge is 0.416 e. The molecular formula is C11H8BrF3N4S. The van der Waals surface area contributed by atoms with Crippen molar-refractivity contribution >= 4 is 44.4 Å². The van der Waals surface area contributed by atoms with E-state index in [1.54, 1.807) is 5.38 Å². The number of nitrogens with one attached hydrogen (secondary N) is 1. The van der Waals surface area contributed by atoms with Crippen molar-refractivity contribution in [3.05, 3.63) is 39.2 Å². The Labute approximate surface area is 124 Å². The van der Waals surface area contributed by atoms with Gasteiger partial charge >= 0.3 is 6.18 Å². The maximum atomic E-state index is 12.5. The van der Waals surface area contributed by atoms with Gasteiger partial charge in [0.2, 0.25) is 5.13 Å². The van der Waals surface area contributed by atoms with Crippen molar-refractivity contribution in [2.75, 3.05) is 11.2 Å². The fourth-order valence-corrected chi connectivity index (χ4v) is 2.33. The molecule has 1 aromatic heterocycles. The van der Waals surface area contributed by atoms with E-state index >= 15 is 0 Å². The summed E-state index contributed by atoms with van der Waals surface area (Å²) in [6, 6.07) is 3.32. The zero-order chi connectivity index (χ0) is 14.8. The van der Waals surface area contributed by atoms with Crippen molar-refractivity contribution < 1.29 is 13.2 Å². The Morgan fingerprint density at radius 3 is 2.70 bits per heavy atom. The quantitative estimate of drug-likeness (QED) is 0.640. The van der Waals surface area contributed by atoms with Gasteiger partial charge in [0.1, 0.15) is 5.82 Å². The predicted molar refractivity (Wildman–Crippen MR) is 76.9 cm³/mol. The van der Waals surface area contributed by atoms with Crippen LogP contribution in [0, 0.1) is 0 Å². The van der Waals surface area contributed by atoms with Gasteiger partial charge in [-0.05, 0) is 12.1 Å². The van der Waals surface area contributed by atoms with Crippen LogP contribution >= 0.6 is 27.3 Å². The smallest absolute Gasteiger partial charge is 0.383 e. The Balaban J connectivity index is 2.10. The first kappa shape index (κ1) is 14.8. The Kier molecular flexibility index (Phi) is 4.29. The van der Waals surface area contributed by atoms with Crippen molar-refractivity contribution in [1.29, 1.82) is 0 Å². The molecule has 0 amide bonds. The number of alkyl halides is 3. The van der Waals surface area contributed by atoms with Crippen LogP contribution in [-0.4, -0.2) is 11.2 Å². The highest BCUT2D eigenvalue weighted by Crippen LogP contribution is 2.31. The number of anilines is 2. The van der Waals surface area contributed by atoms with Gasteiger partial charge in [0, 0.05) is 15.4 Å². The lowest BCUT2D eigenvalue weighted by atomic mass is 10.1. The average Bonchev–Trinajstić information content (AvgIpc) is 2.76. The maximum absolute atomic E-state index is 12.5. The Morgan fingerprint density at radius 1 is 1.40 bits per heavy atom. The van der Waals surface area contributed by atoms with Crippen molar-refractivity contribution in [3.8, 4) is 0 Å². The molecule has 0 saturated heterocycles. The standard InChI is InChI=1S/C11H8BrF3N4S/c12-8-3-7(11(13,14)15)2-1-6(8)4-17-19-10-18-9(16)5-20-10/h1-5H,16H2,(H,18,19). The predicted octanol–water partition coefficient (Wildman–Crippen LogP) is 3.95. The van der Waals surface area contributed by atoms with Crippen LogP contribution in [0.5, 0.6) is 0 Å². The number of nitrogen functional groups attached to an aromatic ring is 1.